The molecule has 6 nitrogen and oxygen atoms in total. The molecule has 1 aliphatic heterocycles. The number of hydrogen-bond acceptors (Lipinski definition) is 4. The average molecular weight is 570 g/mol. The number of nitrogens with zero attached hydrogens (tertiary/aromatic N) is 1. The second-order valence-corrected chi connectivity index (χ2v) is 8.95. The summed E-state index contributed by atoms with van der Waals surface area (Å²) in [5, 5.41) is 2.23. The zero-order valence-electron chi connectivity index (χ0n) is 18.4. The van der Waals surface area contributed by atoms with Crippen molar-refractivity contribution in [3.05, 3.63) is 97.9 Å². The highest BCUT2D eigenvalue weighted by Gasteiger charge is 2.36. The maximum absolute atomic E-state index is 13.6. The number of rotatable bonds is 5. The van der Waals surface area contributed by atoms with Gasteiger partial charge in [-0.05, 0) is 83.1 Å². The van der Waals surface area contributed by atoms with E-state index in [0.717, 1.165) is 25.2 Å². The fourth-order valence-electron chi connectivity index (χ4n) is 3.67. The van der Waals surface area contributed by atoms with Crippen LogP contribution in [0.15, 0.2) is 66.2 Å². The van der Waals surface area contributed by atoms with Gasteiger partial charge in [0.25, 0.3) is 11.8 Å². The van der Waals surface area contributed by atoms with Gasteiger partial charge in [0.05, 0.1) is 12.8 Å². The molecule has 0 aromatic heterocycles. The van der Waals surface area contributed by atoms with Crippen LogP contribution < -0.4 is 15.0 Å². The Kier molecular flexibility index (Phi) is 6.78. The Morgan fingerprint density at radius 1 is 1.06 bits per heavy atom. The molecule has 1 aliphatic rings. The lowest BCUT2D eigenvalue weighted by molar-refractivity contribution is -0.122. The minimum Gasteiger partial charge on any atom is -0.496 e. The van der Waals surface area contributed by atoms with Gasteiger partial charge in [0.15, 0.2) is 0 Å². The van der Waals surface area contributed by atoms with Gasteiger partial charge < -0.3 is 4.74 Å². The molecule has 1 saturated heterocycles. The first kappa shape index (κ1) is 23.6. The van der Waals surface area contributed by atoms with Gasteiger partial charge in [0.1, 0.15) is 17.1 Å². The predicted molar refractivity (Wildman–Crippen MR) is 135 cm³/mol. The van der Waals surface area contributed by atoms with Crippen molar-refractivity contribution in [2.45, 2.75) is 13.3 Å². The van der Waals surface area contributed by atoms with E-state index in [2.05, 4.69) is 27.9 Å². The molecule has 0 aliphatic carbocycles. The summed E-state index contributed by atoms with van der Waals surface area (Å²) in [4.78, 5) is 39.0. The molecule has 0 radical (unpaired) electrons. The predicted octanol–water partition coefficient (Wildman–Crippen LogP) is 5.00. The molecule has 0 unspecified atom stereocenters. The molecule has 1 fully saturated rings. The summed E-state index contributed by atoms with van der Waals surface area (Å²) in [6.45, 7) is 1.89. The molecule has 3 aromatic carbocycles. The Balaban J connectivity index is 1.70. The summed E-state index contributed by atoms with van der Waals surface area (Å²) in [5.74, 6) is -1.26. The summed E-state index contributed by atoms with van der Waals surface area (Å²) in [7, 11) is 1.52. The van der Waals surface area contributed by atoms with Crippen LogP contribution in [0.1, 0.15) is 22.3 Å². The third-order valence-corrected chi connectivity index (χ3v) is 6.33. The van der Waals surface area contributed by atoms with E-state index in [1.807, 2.05) is 13.0 Å². The Morgan fingerprint density at radius 3 is 2.47 bits per heavy atom. The number of hydrogen-bond donors (Lipinski definition) is 1. The number of urea groups is 1. The van der Waals surface area contributed by atoms with Crippen molar-refractivity contribution in [1.29, 1.82) is 0 Å². The number of ether oxygens (including phenoxy) is 1. The van der Waals surface area contributed by atoms with Crippen LogP contribution in [0.5, 0.6) is 5.75 Å². The molecule has 172 valence electrons. The highest BCUT2D eigenvalue weighted by molar-refractivity contribution is 14.1. The summed E-state index contributed by atoms with van der Waals surface area (Å²) in [6.07, 6.45) is 1.88. The Bertz CT molecular complexity index is 1340. The quantitative estimate of drug-likeness (QED) is 0.266. The van der Waals surface area contributed by atoms with E-state index in [9.17, 15) is 18.8 Å². The van der Waals surface area contributed by atoms with Crippen LogP contribution in [-0.2, 0) is 16.0 Å². The van der Waals surface area contributed by atoms with Crippen LogP contribution >= 0.6 is 22.6 Å². The topological polar surface area (TPSA) is 75.7 Å². The van der Waals surface area contributed by atoms with E-state index in [4.69, 9.17) is 4.74 Å². The fraction of sp³-hybridized carbons (Fsp3) is 0.115. The van der Waals surface area contributed by atoms with Gasteiger partial charge in [-0.1, -0.05) is 29.8 Å². The van der Waals surface area contributed by atoms with Crippen molar-refractivity contribution in [2.75, 3.05) is 12.0 Å². The molecule has 34 heavy (non-hydrogen) atoms. The smallest absolute Gasteiger partial charge is 0.335 e. The highest BCUT2D eigenvalue weighted by Crippen LogP contribution is 2.30. The van der Waals surface area contributed by atoms with E-state index in [1.165, 1.54) is 25.3 Å². The van der Waals surface area contributed by atoms with Gasteiger partial charge >= 0.3 is 6.03 Å². The molecule has 4 rings (SSSR count). The largest absolute Gasteiger partial charge is 0.496 e. The number of imide groups is 2. The van der Waals surface area contributed by atoms with Gasteiger partial charge in [0.2, 0.25) is 0 Å². The minimum absolute atomic E-state index is 0.170. The maximum Gasteiger partial charge on any atom is 0.335 e. The number of carbonyl (C=O) groups excluding carboxylic acids is 3. The molecule has 0 atom stereocenters. The molecule has 0 bridgehead atoms. The first-order valence-corrected chi connectivity index (χ1v) is 11.4. The van der Waals surface area contributed by atoms with Gasteiger partial charge in [-0.2, -0.15) is 0 Å². The zero-order chi connectivity index (χ0) is 24.4. The minimum atomic E-state index is -0.798. The highest BCUT2D eigenvalue weighted by atomic mass is 127. The van der Waals surface area contributed by atoms with Crippen LogP contribution in [0.2, 0.25) is 0 Å². The van der Waals surface area contributed by atoms with Crippen molar-refractivity contribution < 1.29 is 23.5 Å². The lowest BCUT2D eigenvalue weighted by Gasteiger charge is -2.26. The van der Waals surface area contributed by atoms with Crippen LogP contribution in [0.25, 0.3) is 6.08 Å². The van der Waals surface area contributed by atoms with Crippen LogP contribution in [0.4, 0.5) is 14.9 Å². The third-order valence-electron chi connectivity index (χ3n) is 5.37. The second kappa shape index (κ2) is 9.76. The number of benzene rings is 3. The molecule has 0 saturated carbocycles. The van der Waals surface area contributed by atoms with E-state index in [0.29, 0.717) is 23.4 Å². The molecule has 0 spiro atoms. The van der Waals surface area contributed by atoms with E-state index < -0.39 is 17.8 Å². The van der Waals surface area contributed by atoms with Gasteiger partial charge in [0, 0.05) is 15.6 Å². The van der Waals surface area contributed by atoms with Crippen molar-refractivity contribution in [3.63, 3.8) is 0 Å². The first-order valence-electron chi connectivity index (χ1n) is 10.4. The van der Waals surface area contributed by atoms with E-state index in [1.54, 1.807) is 42.5 Å². The van der Waals surface area contributed by atoms with Crippen LogP contribution in [-0.4, -0.2) is 25.0 Å². The first-order chi connectivity index (χ1) is 16.3. The number of carbonyl (C=O) groups is 3. The lowest BCUT2D eigenvalue weighted by Crippen LogP contribution is -2.54. The standard InChI is InChI=1S/C26H20FIN2O4/c1-15-6-8-19(9-7-15)30-25(32)21(24(31)29-26(30)33)12-17-13-22(28)20(23(14-17)34-2)11-16-4-3-5-18(27)10-16/h3-10,12-14H,11H2,1-2H3,(H,29,31,33)/b21-12+. The molecule has 3 aromatic rings. The Morgan fingerprint density at radius 2 is 1.79 bits per heavy atom. The Labute approximate surface area is 209 Å². The summed E-state index contributed by atoms with van der Waals surface area (Å²) >= 11 is 2.14. The van der Waals surface area contributed by atoms with Gasteiger partial charge in [-0.3, -0.25) is 14.9 Å². The second-order valence-electron chi connectivity index (χ2n) is 7.78. The number of methoxy groups -OCH3 is 1. The SMILES string of the molecule is COc1cc(/C=C2\C(=O)NC(=O)N(c3ccc(C)cc3)C2=O)cc(I)c1Cc1cccc(F)c1. The van der Waals surface area contributed by atoms with E-state index >= 15 is 0 Å². The number of halogens is 2. The molecule has 4 amide bonds. The van der Waals surface area contributed by atoms with Crippen LogP contribution in [0, 0.1) is 16.3 Å². The summed E-state index contributed by atoms with van der Waals surface area (Å²) < 4.78 is 20.0. The summed E-state index contributed by atoms with van der Waals surface area (Å²) in [5.41, 5.74) is 3.37. The molecule has 1 heterocycles. The number of anilines is 1. The van der Waals surface area contributed by atoms with Gasteiger partial charge in [-0.15, -0.1) is 0 Å². The number of aryl methyl sites for hydroxylation is 1. The number of nitrogens with one attached hydrogen (secondary N) is 1. The normalized spacial score (nSPS) is 15.0. The van der Waals surface area contributed by atoms with Crippen molar-refractivity contribution in [2.24, 2.45) is 0 Å². The molecule has 1 N–H and O–H groups in total. The van der Waals surface area contributed by atoms with Crippen LogP contribution in [0.3, 0.4) is 0 Å². The Hall–Kier alpha value is -3.53. The zero-order valence-corrected chi connectivity index (χ0v) is 20.6. The average Bonchev–Trinajstić information content (AvgIpc) is 2.79. The molecule has 8 heteroatoms. The van der Waals surface area contributed by atoms with Crippen molar-refractivity contribution in [3.8, 4) is 5.75 Å². The van der Waals surface area contributed by atoms with Gasteiger partial charge in [-0.25, -0.2) is 14.1 Å². The summed E-state index contributed by atoms with van der Waals surface area (Å²) in [6, 6.07) is 15.9. The monoisotopic (exact) mass is 570 g/mol. The lowest BCUT2D eigenvalue weighted by atomic mass is 10.0. The van der Waals surface area contributed by atoms with E-state index in [-0.39, 0.29) is 11.4 Å². The number of barbiturate groups is 1. The number of amides is 4. The maximum atomic E-state index is 13.6. The molecular formula is C26H20FIN2O4. The molecular weight excluding hydrogens is 550 g/mol. The fourth-order valence-corrected chi connectivity index (χ4v) is 4.49. The van der Waals surface area contributed by atoms with Crippen molar-refractivity contribution >= 4 is 52.2 Å². The van der Waals surface area contributed by atoms with Crippen molar-refractivity contribution in [1.82, 2.24) is 5.32 Å². The third kappa shape index (κ3) is 4.86.